The Morgan fingerprint density at radius 3 is 0.795 bits per heavy atom. The summed E-state index contributed by atoms with van der Waals surface area (Å²) in [5, 5.41) is 23.1. The predicted molar refractivity (Wildman–Crippen MR) is 198 cm³/mol. The number of hydrogen-bond donors (Lipinski definition) is 0. The van der Waals surface area contributed by atoms with E-state index in [4.69, 9.17) is 0 Å². The molecule has 0 amide bonds. The number of rotatable bonds is 3. The second kappa shape index (κ2) is 9.45. The minimum absolute atomic E-state index is 0.471. The minimum atomic E-state index is -0.471. The molecule has 2 heteroatoms. The summed E-state index contributed by atoms with van der Waals surface area (Å²) < 4.78 is 0. The molecule has 0 saturated carbocycles. The van der Waals surface area contributed by atoms with Gasteiger partial charge in [-0.2, -0.15) is 0 Å². The van der Waals surface area contributed by atoms with Crippen molar-refractivity contribution in [2.24, 2.45) is 0 Å². The van der Waals surface area contributed by atoms with E-state index in [0.29, 0.717) is 0 Å². The summed E-state index contributed by atoms with van der Waals surface area (Å²) in [5.74, 6) is 0. The maximum Gasteiger partial charge on any atom is 0.00307 e. The van der Waals surface area contributed by atoms with Crippen LogP contribution >= 0.6 is 15.1 Å². The van der Waals surface area contributed by atoms with Crippen LogP contribution in [-0.2, 0) is 12.3 Å². The third-order valence-corrected chi connectivity index (χ3v) is 15.4. The van der Waals surface area contributed by atoms with Gasteiger partial charge in [0.2, 0.25) is 0 Å². The Bertz CT molecular complexity index is 2400. The topological polar surface area (TPSA) is 0 Å². The molecule has 0 aliphatic heterocycles. The van der Waals surface area contributed by atoms with E-state index >= 15 is 0 Å². The first kappa shape index (κ1) is 24.8. The maximum absolute atomic E-state index is 2.46. The monoisotopic (exact) mass is 594 g/mol. The molecule has 8 aromatic carbocycles. The molecule has 2 aromatic heterocycles. The van der Waals surface area contributed by atoms with Crippen LogP contribution in [0.2, 0.25) is 0 Å². The van der Waals surface area contributed by atoms with E-state index in [2.05, 4.69) is 146 Å². The fourth-order valence-corrected chi connectivity index (χ4v) is 14.0. The van der Waals surface area contributed by atoms with Crippen LogP contribution in [0.15, 0.2) is 146 Å². The average molecular weight is 595 g/mol. The Labute approximate surface area is 257 Å². The molecule has 0 nitrogen and oxygen atoms in total. The highest BCUT2D eigenvalue weighted by molar-refractivity contribution is 7.64. The van der Waals surface area contributed by atoms with Crippen molar-refractivity contribution in [3.63, 3.8) is 0 Å². The lowest BCUT2D eigenvalue weighted by Crippen LogP contribution is -1.76. The maximum atomic E-state index is 2.46. The Hall–Kier alpha value is -4.60. The number of hydrogen-bond acceptors (Lipinski definition) is 0. The summed E-state index contributed by atoms with van der Waals surface area (Å²) >= 11 is 0. The first-order chi connectivity index (χ1) is 21.8. The van der Waals surface area contributed by atoms with Gasteiger partial charge in [0.25, 0.3) is 0 Å². The van der Waals surface area contributed by atoms with Gasteiger partial charge < -0.3 is 0 Å². The van der Waals surface area contributed by atoms with E-state index < -0.39 is 15.1 Å². The molecule has 0 saturated heterocycles. The Kier molecular flexibility index (Phi) is 5.33. The zero-order chi connectivity index (χ0) is 28.8. The molecule has 0 aliphatic rings. The Morgan fingerprint density at radius 1 is 0.273 bits per heavy atom. The molecule has 0 aliphatic carbocycles. The van der Waals surface area contributed by atoms with Crippen molar-refractivity contribution in [1.29, 1.82) is 0 Å². The smallest absolute Gasteiger partial charge is 0.00307 e. The Balaban J connectivity index is 1.26. The van der Waals surface area contributed by atoms with Crippen molar-refractivity contribution < 1.29 is 0 Å². The SMILES string of the molecule is c1ccc2c(c1)ccc1c2c2c3ccccc3ccc2p1CCp1c2ccc3ccccc3c2c2c3ccccc3ccc21. The summed E-state index contributed by atoms with van der Waals surface area (Å²) in [7, 11) is -0.942. The summed E-state index contributed by atoms with van der Waals surface area (Å²) in [4.78, 5) is 0. The van der Waals surface area contributed by atoms with Gasteiger partial charge in [-0.15, -0.1) is 15.1 Å². The van der Waals surface area contributed by atoms with Gasteiger partial charge in [-0.25, -0.2) is 0 Å². The molecule has 206 valence electrons. The second-order valence-electron chi connectivity index (χ2n) is 12.0. The summed E-state index contributed by atoms with van der Waals surface area (Å²) in [5.41, 5.74) is 0. The lowest BCUT2D eigenvalue weighted by atomic mass is 10.00. The first-order valence-corrected chi connectivity index (χ1v) is 18.5. The van der Waals surface area contributed by atoms with E-state index in [1.807, 2.05) is 0 Å². The number of aryl methyl sites for hydroxylation is 2. The molecule has 0 fully saturated rings. The fraction of sp³-hybridized carbons (Fsp3) is 0.0476. The zero-order valence-corrected chi connectivity index (χ0v) is 26.0. The third kappa shape index (κ3) is 3.42. The highest BCUT2D eigenvalue weighted by Gasteiger charge is 2.20. The van der Waals surface area contributed by atoms with Gasteiger partial charge in [-0.3, -0.25) is 0 Å². The summed E-state index contributed by atoms with van der Waals surface area (Å²) in [6, 6.07) is 55.2. The number of benzene rings is 8. The van der Waals surface area contributed by atoms with E-state index in [1.54, 1.807) is 20.5 Å². The van der Waals surface area contributed by atoms with Gasteiger partial charge in [-0.05, 0) is 79.7 Å². The van der Waals surface area contributed by atoms with E-state index in [1.165, 1.54) is 77.0 Å². The average Bonchev–Trinajstić information content (AvgIpc) is 3.60. The van der Waals surface area contributed by atoms with Crippen LogP contribution in [0.5, 0.6) is 0 Å². The van der Waals surface area contributed by atoms with E-state index in [-0.39, 0.29) is 0 Å². The van der Waals surface area contributed by atoms with Crippen molar-refractivity contribution in [2.75, 3.05) is 0 Å². The van der Waals surface area contributed by atoms with Crippen LogP contribution < -0.4 is 0 Å². The van der Waals surface area contributed by atoms with Crippen LogP contribution in [0.3, 0.4) is 0 Å². The highest BCUT2D eigenvalue weighted by atomic mass is 31.1. The summed E-state index contributed by atoms with van der Waals surface area (Å²) in [6.07, 6.45) is 2.41. The number of fused-ring (bicyclic) bond motifs is 14. The zero-order valence-electron chi connectivity index (χ0n) is 24.2. The molecule has 0 bridgehead atoms. The molecule has 0 radical (unpaired) electrons. The van der Waals surface area contributed by atoms with Gasteiger partial charge in [-0.1, -0.05) is 121 Å². The molecule has 0 spiro atoms. The van der Waals surface area contributed by atoms with Crippen molar-refractivity contribution >= 4 is 100 Å². The molecule has 10 aromatic rings. The molecule has 0 atom stereocenters. The molecule has 2 heterocycles. The van der Waals surface area contributed by atoms with Crippen molar-refractivity contribution in [3.05, 3.63) is 146 Å². The largest absolute Gasteiger partial charge is 0.108 e. The standard InChI is InChI=1S/C42H28P2/c1-5-13-31-27(9-1)17-21-35-39(31)40-32-14-6-2-10-28(32)18-22-36(40)43(35)25-26-44-37-23-19-29-11-3-7-15-33(29)41(37)42-34-16-8-4-12-30(34)20-24-38(42)44/h1-24H,25-26H2. The molecular formula is C42H28P2. The molecular weight excluding hydrogens is 566 g/mol. The van der Waals surface area contributed by atoms with Crippen LogP contribution in [0.25, 0.3) is 85.1 Å². The first-order valence-electron chi connectivity index (χ1n) is 15.5. The second-order valence-corrected chi connectivity index (χ2v) is 16.6. The quantitative estimate of drug-likeness (QED) is 0.191. The third-order valence-electron chi connectivity index (χ3n) is 9.84. The molecule has 44 heavy (non-hydrogen) atoms. The molecule has 0 N–H and O–H groups in total. The van der Waals surface area contributed by atoms with E-state index in [0.717, 1.165) is 0 Å². The molecule has 10 rings (SSSR count). The van der Waals surface area contributed by atoms with Gasteiger partial charge in [0.05, 0.1) is 0 Å². The van der Waals surface area contributed by atoms with Crippen LogP contribution in [-0.4, -0.2) is 0 Å². The van der Waals surface area contributed by atoms with Gasteiger partial charge in [0.15, 0.2) is 0 Å². The highest BCUT2D eigenvalue weighted by Crippen LogP contribution is 2.58. The minimum Gasteiger partial charge on any atom is -0.108 e. The van der Waals surface area contributed by atoms with Crippen molar-refractivity contribution in [2.45, 2.75) is 12.3 Å². The van der Waals surface area contributed by atoms with Gasteiger partial charge in [0.1, 0.15) is 0 Å². The van der Waals surface area contributed by atoms with Gasteiger partial charge in [0, 0.05) is 42.0 Å². The van der Waals surface area contributed by atoms with Crippen molar-refractivity contribution in [3.8, 4) is 0 Å². The molecule has 0 unspecified atom stereocenters. The fourth-order valence-electron chi connectivity index (χ4n) is 7.93. The van der Waals surface area contributed by atoms with Gasteiger partial charge >= 0.3 is 0 Å². The van der Waals surface area contributed by atoms with Crippen molar-refractivity contribution in [1.82, 2.24) is 0 Å². The normalized spacial score (nSPS) is 12.3. The lowest BCUT2D eigenvalue weighted by molar-refractivity contribution is 1.29. The van der Waals surface area contributed by atoms with E-state index in [9.17, 15) is 0 Å². The summed E-state index contributed by atoms with van der Waals surface area (Å²) in [6.45, 7) is 0. The predicted octanol–water partition coefficient (Wildman–Crippen LogP) is 13.6. The van der Waals surface area contributed by atoms with Crippen LogP contribution in [0, 0.1) is 0 Å². The lowest BCUT2D eigenvalue weighted by Gasteiger charge is -2.07. The van der Waals surface area contributed by atoms with Crippen LogP contribution in [0.1, 0.15) is 0 Å². The Morgan fingerprint density at radius 2 is 0.523 bits per heavy atom. The van der Waals surface area contributed by atoms with Crippen LogP contribution in [0.4, 0.5) is 0 Å².